The van der Waals surface area contributed by atoms with Gasteiger partial charge < -0.3 is 9.32 Å². The van der Waals surface area contributed by atoms with Gasteiger partial charge in [0.15, 0.2) is 0 Å². The van der Waals surface area contributed by atoms with Gasteiger partial charge in [0.05, 0.1) is 11.4 Å². The van der Waals surface area contributed by atoms with Gasteiger partial charge in [-0.3, -0.25) is 9.69 Å². The first-order valence-electron chi connectivity index (χ1n) is 8.22. The number of hydrogen-bond acceptors (Lipinski definition) is 6. The minimum atomic E-state index is 0.124. The second-order valence-corrected chi connectivity index (χ2v) is 6.86. The molecule has 1 aromatic carbocycles. The smallest absolute Gasteiger partial charge is 0.264 e. The average molecular weight is 354 g/mol. The van der Waals surface area contributed by atoms with Crippen LogP contribution in [0.3, 0.4) is 0 Å². The van der Waals surface area contributed by atoms with E-state index in [4.69, 9.17) is 4.42 Å². The highest BCUT2D eigenvalue weighted by Crippen LogP contribution is 2.19. The zero-order chi connectivity index (χ0) is 17.1. The molecule has 7 heteroatoms. The summed E-state index contributed by atoms with van der Waals surface area (Å²) in [6.07, 6.45) is 0. The maximum Gasteiger partial charge on any atom is 0.264 e. The number of thiophene rings is 1. The zero-order valence-corrected chi connectivity index (χ0v) is 14.5. The Balaban J connectivity index is 1.33. The third-order valence-corrected chi connectivity index (χ3v) is 5.10. The quantitative estimate of drug-likeness (QED) is 0.721. The molecule has 4 rings (SSSR count). The van der Waals surface area contributed by atoms with Crippen LogP contribution in [0.15, 0.2) is 52.3 Å². The summed E-state index contributed by atoms with van der Waals surface area (Å²) < 4.78 is 5.76. The van der Waals surface area contributed by atoms with E-state index < -0.39 is 0 Å². The Hall–Kier alpha value is -2.51. The van der Waals surface area contributed by atoms with Crippen LogP contribution >= 0.6 is 11.3 Å². The van der Waals surface area contributed by atoms with Crippen molar-refractivity contribution in [1.82, 2.24) is 20.0 Å². The summed E-state index contributed by atoms with van der Waals surface area (Å²) in [4.78, 5) is 17.3. The van der Waals surface area contributed by atoms with E-state index in [1.54, 1.807) is 0 Å². The molecule has 0 saturated carbocycles. The van der Waals surface area contributed by atoms with Crippen LogP contribution in [-0.2, 0) is 6.54 Å². The highest BCUT2D eigenvalue weighted by atomic mass is 32.1. The normalized spacial score (nSPS) is 15.4. The fourth-order valence-electron chi connectivity index (χ4n) is 2.87. The van der Waals surface area contributed by atoms with E-state index >= 15 is 0 Å². The van der Waals surface area contributed by atoms with Crippen molar-refractivity contribution in [2.24, 2.45) is 0 Å². The molecule has 0 aliphatic carbocycles. The fraction of sp³-hybridized carbons (Fsp3) is 0.278. The Kier molecular flexibility index (Phi) is 4.58. The molecule has 2 aromatic heterocycles. The SMILES string of the molecule is O=C(c1cccs1)N1CCN(Cc2nnc(-c3ccccc3)o2)CC1. The predicted molar refractivity (Wildman–Crippen MR) is 95.2 cm³/mol. The maximum absolute atomic E-state index is 12.4. The lowest BCUT2D eigenvalue weighted by Gasteiger charge is -2.33. The topological polar surface area (TPSA) is 62.5 Å². The van der Waals surface area contributed by atoms with E-state index in [2.05, 4.69) is 15.1 Å². The Morgan fingerprint density at radius 3 is 2.56 bits per heavy atom. The third kappa shape index (κ3) is 3.62. The number of carbonyl (C=O) groups is 1. The maximum atomic E-state index is 12.4. The van der Waals surface area contributed by atoms with Gasteiger partial charge >= 0.3 is 0 Å². The molecule has 1 aliphatic rings. The Morgan fingerprint density at radius 2 is 1.84 bits per heavy atom. The molecule has 0 radical (unpaired) electrons. The van der Waals surface area contributed by atoms with Crippen molar-refractivity contribution >= 4 is 17.2 Å². The minimum Gasteiger partial charge on any atom is -0.419 e. The highest BCUT2D eigenvalue weighted by molar-refractivity contribution is 7.12. The van der Waals surface area contributed by atoms with E-state index in [1.165, 1.54) is 11.3 Å². The first kappa shape index (κ1) is 16.0. The van der Waals surface area contributed by atoms with E-state index in [1.807, 2.05) is 52.7 Å². The molecule has 1 saturated heterocycles. The number of piperazine rings is 1. The summed E-state index contributed by atoms with van der Waals surface area (Å²) in [5, 5.41) is 10.2. The summed E-state index contributed by atoms with van der Waals surface area (Å²) >= 11 is 1.49. The first-order valence-corrected chi connectivity index (χ1v) is 9.10. The fourth-order valence-corrected chi connectivity index (χ4v) is 3.56. The number of rotatable bonds is 4. The summed E-state index contributed by atoms with van der Waals surface area (Å²) in [5.74, 6) is 1.28. The van der Waals surface area contributed by atoms with Gasteiger partial charge in [0, 0.05) is 31.7 Å². The Bertz CT molecular complexity index is 824. The summed E-state index contributed by atoms with van der Waals surface area (Å²) in [7, 11) is 0. The van der Waals surface area contributed by atoms with Gasteiger partial charge in [-0.25, -0.2) is 0 Å². The van der Waals surface area contributed by atoms with Gasteiger partial charge in [-0.05, 0) is 23.6 Å². The lowest BCUT2D eigenvalue weighted by molar-refractivity contribution is 0.0623. The molecular weight excluding hydrogens is 336 g/mol. The molecule has 0 unspecified atom stereocenters. The number of benzene rings is 1. The highest BCUT2D eigenvalue weighted by Gasteiger charge is 2.23. The van der Waals surface area contributed by atoms with E-state index in [9.17, 15) is 4.79 Å². The standard InChI is InChI=1S/C18H18N4O2S/c23-18(15-7-4-12-25-15)22-10-8-21(9-11-22)13-16-19-20-17(24-16)14-5-2-1-3-6-14/h1-7,12H,8-11,13H2. The Labute approximate surface area is 149 Å². The monoisotopic (exact) mass is 354 g/mol. The largest absolute Gasteiger partial charge is 0.419 e. The second-order valence-electron chi connectivity index (χ2n) is 5.91. The number of aromatic nitrogens is 2. The molecular formula is C18H18N4O2S. The van der Waals surface area contributed by atoms with Crippen LogP contribution in [0.25, 0.3) is 11.5 Å². The molecule has 3 heterocycles. The Morgan fingerprint density at radius 1 is 1.04 bits per heavy atom. The second kappa shape index (κ2) is 7.16. The molecule has 6 nitrogen and oxygen atoms in total. The van der Waals surface area contributed by atoms with E-state index in [-0.39, 0.29) is 5.91 Å². The minimum absolute atomic E-state index is 0.124. The third-order valence-electron chi connectivity index (χ3n) is 4.24. The molecule has 1 fully saturated rings. The van der Waals surface area contributed by atoms with E-state index in [0.29, 0.717) is 18.3 Å². The summed E-state index contributed by atoms with van der Waals surface area (Å²) in [5.41, 5.74) is 0.924. The molecule has 25 heavy (non-hydrogen) atoms. The molecule has 0 N–H and O–H groups in total. The zero-order valence-electron chi connectivity index (χ0n) is 13.7. The molecule has 0 spiro atoms. The van der Waals surface area contributed by atoms with Crippen molar-refractivity contribution in [3.8, 4) is 11.5 Å². The summed E-state index contributed by atoms with van der Waals surface area (Å²) in [6, 6.07) is 13.5. The van der Waals surface area contributed by atoms with Gasteiger partial charge in [-0.1, -0.05) is 24.3 Å². The van der Waals surface area contributed by atoms with Crippen molar-refractivity contribution in [3.63, 3.8) is 0 Å². The molecule has 0 bridgehead atoms. The molecule has 1 amide bonds. The van der Waals surface area contributed by atoms with E-state index in [0.717, 1.165) is 36.6 Å². The van der Waals surface area contributed by atoms with Crippen LogP contribution in [0.4, 0.5) is 0 Å². The molecule has 0 atom stereocenters. The predicted octanol–water partition coefficient (Wildman–Crippen LogP) is 2.76. The first-order chi connectivity index (χ1) is 12.3. The number of carbonyl (C=O) groups excluding carboxylic acids is 1. The molecule has 1 aliphatic heterocycles. The van der Waals surface area contributed by atoms with Crippen molar-refractivity contribution in [2.45, 2.75) is 6.54 Å². The van der Waals surface area contributed by atoms with Crippen molar-refractivity contribution in [2.75, 3.05) is 26.2 Å². The van der Waals surface area contributed by atoms with Gasteiger partial charge in [0.1, 0.15) is 0 Å². The number of amides is 1. The van der Waals surface area contributed by atoms with Crippen LogP contribution < -0.4 is 0 Å². The van der Waals surface area contributed by atoms with Crippen LogP contribution in [-0.4, -0.2) is 52.1 Å². The van der Waals surface area contributed by atoms with Crippen LogP contribution in [0.2, 0.25) is 0 Å². The van der Waals surface area contributed by atoms with Gasteiger partial charge in [-0.15, -0.1) is 21.5 Å². The van der Waals surface area contributed by atoms with Gasteiger partial charge in [0.2, 0.25) is 11.8 Å². The van der Waals surface area contributed by atoms with Crippen molar-refractivity contribution in [1.29, 1.82) is 0 Å². The number of hydrogen-bond donors (Lipinski definition) is 0. The lowest BCUT2D eigenvalue weighted by Crippen LogP contribution is -2.48. The van der Waals surface area contributed by atoms with Gasteiger partial charge in [0.25, 0.3) is 5.91 Å². The summed E-state index contributed by atoms with van der Waals surface area (Å²) in [6.45, 7) is 3.66. The lowest BCUT2D eigenvalue weighted by atomic mass is 10.2. The average Bonchev–Trinajstić information content (AvgIpc) is 3.35. The molecule has 3 aromatic rings. The van der Waals surface area contributed by atoms with Crippen LogP contribution in [0.5, 0.6) is 0 Å². The molecule has 128 valence electrons. The van der Waals surface area contributed by atoms with Crippen molar-refractivity contribution in [3.05, 3.63) is 58.6 Å². The van der Waals surface area contributed by atoms with Gasteiger partial charge in [-0.2, -0.15) is 0 Å². The van der Waals surface area contributed by atoms with Crippen LogP contribution in [0.1, 0.15) is 15.6 Å². The van der Waals surface area contributed by atoms with Crippen molar-refractivity contribution < 1.29 is 9.21 Å². The number of nitrogens with zero attached hydrogens (tertiary/aromatic N) is 4. The van der Waals surface area contributed by atoms with Crippen LogP contribution in [0, 0.1) is 0 Å².